The third-order valence-corrected chi connectivity index (χ3v) is 2.05. The summed E-state index contributed by atoms with van der Waals surface area (Å²) >= 11 is 1.90. The van der Waals surface area contributed by atoms with Crippen LogP contribution in [0.15, 0.2) is 11.3 Å². The van der Waals surface area contributed by atoms with Crippen molar-refractivity contribution in [3.05, 3.63) is 11.3 Å². The van der Waals surface area contributed by atoms with Crippen molar-refractivity contribution in [2.24, 2.45) is 0 Å². The van der Waals surface area contributed by atoms with Gasteiger partial charge in [-0.1, -0.05) is 0 Å². The van der Waals surface area contributed by atoms with E-state index in [-0.39, 0.29) is 6.04 Å². The van der Waals surface area contributed by atoms with E-state index in [1.807, 2.05) is 36.4 Å². The summed E-state index contributed by atoms with van der Waals surface area (Å²) in [7, 11) is 1.34. The van der Waals surface area contributed by atoms with Gasteiger partial charge in [0.15, 0.2) is 5.57 Å². The highest BCUT2D eigenvalue weighted by molar-refractivity contribution is 14.1. The predicted molar refractivity (Wildman–Crippen MR) is 63.9 cm³/mol. The fourth-order valence-electron chi connectivity index (χ4n) is 1.04. The Balaban J connectivity index is 4.95. The van der Waals surface area contributed by atoms with Crippen molar-refractivity contribution in [3.63, 3.8) is 0 Å². The van der Waals surface area contributed by atoms with Crippen LogP contribution in [-0.4, -0.2) is 22.8 Å². The molecule has 0 aromatic rings. The maximum Gasteiger partial charge on any atom is 0.346 e. The summed E-state index contributed by atoms with van der Waals surface area (Å²) in [6, 6.07) is 0.255. The zero-order chi connectivity index (χ0) is 11.3. The van der Waals surface area contributed by atoms with Gasteiger partial charge in [-0.3, -0.25) is 0 Å². The van der Waals surface area contributed by atoms with Crippen molar-refractivity contribution in [2.75, 3.05) is 7.11 Å². The van der Waals surface area contributed by atoms with Gasteiger partial charge in [0.25, 0.3) is 0 Å². The average Bonchev–Trinajstić information content (AvgIpc) is 2.01. The molecule has 0 aliphatic rings. The zero-order valence-electron chi connectivity index (χ0n) is 8.85. The van der Waals surface area contributed by atoms with Gasteiger partial charge in [-0.25, -0.2) is 10.2 Å². The van der Waals surface area contributed by atoms with Crippen molar-refractivity contribution in [3.8, 4) is 0 Å². The van der Waals surface area contributed by atoms with E-state index in [1.165, 1.54) is 7.11 Å². The quantitative estimate of drug-likeness (QED) is 0.333. The molecule has 0 unspecified atom stereocenters. The molecule has 0 fully saturated rings. The second-order valence-corrected chi connectivity index (χ2v) is 4.30. The molecule has 3 N–H and O–H groups in total. The number of nitrogens with one attached hydrogen (secondary N) is 1. The maximum atomic E-state index is 11.4. The van der Waals surface area contributed by atoms with Crippen LogP contribution >= 0.6 is 22.6 Å². The molecule has 80 valence electrons. The van der Waals surface area contributed by atoms with Crippen LogP contribution in [0.5, 0.6) is 0 Å². The highest BCUT2D eigenvalue weighted by atomic mass is 127. The van der Waals surface area contributed by atoms with Crippen LogP contribution in [-0.2, 0) is 9.53 Å². The first-order chi connectivity index (χ1) is 6.40. The lowest BCUT2D eigenvalue weighted by molar-refractivity contribution is -0.137. The van der Waals surface area contributed by atoms with Crippen molar-refractivity contribution in [1.82, 2.24) is 5.32 Å². The number of hydrogen-bond acceptors (Lipinski definition) is 3. The van der Waals surface area contributed by atoms with Crippen molar-refractivity contribution >= 4 is 32.3 Å². The predicted octanol–water partition coefficient (Wildman–Crippen LogP) is 0.0240. The van der Waals surface area contributed by atoms with E-state index < -0.39 is 5.97 Å². The molecule has 0 rings (SSSR count). The molecule has 0 aliphatic carbocycles. The van der Waals surface area contributed by atoms with Crippen molar-refractivity contribution in [1.29, 1.82) is 0 Å². The minimum atomic E-state index is -0.414. The summed E-state index contributed by atoms with van der Waals surface area (Å²) in [5, 5.41) is 8.71. The van der Waals surface area contributed by atoms with E-state index in [9.17, 15) is 4.79 Å². The molecule has 0 saturated carbocycles. The number of nitrogens with two attached hydrogens (primary N) is 1. The molecule has 5 heteroatoms. The smallest absolute Gasteiger partial charge is 0.346 e. The maximum absolute atomic E-state index is 11.4. The van der Waals surface area contributed by atoms with Gasteiger partial charge in [-0.05, 0) is 20.8 Å². The molecule has 0 saturated heterocycles. The minimum Gasteiger partial charge on any atom is -0.465 e. The first kappa shape index (κ1) is 13.4. The summed E-state index contributed by atoms with van der Waals surface area (Å²) in [6.07, 6.45) is 0. The fourth-order valence-corrected chi connectivity index (χ4v) is 1.66. The van der Waals surface area contributed by atoms with Gasteiger partial charge >= 0.3 is 5.97 Å². The number of methoxy groups -OCH3 is 1. The normalized spacial score (nSPS) is 12.1. The molecule has 14 heavy (non-hydrogen) atoms. The number of carbonyl (C=O) groups excluding carboxylic acids is 1. The molecule has 0 atom stereocenters. The lowest BCUT2D eigenvalue weighted by Crippen LogP contribution is -2.40. The van der Waals surface area contributed by atoms with E-state index in [1.54, 1.807) is 6.92 Å². The van der Waals surface area contributed by atoms with Crippen LogP contribution in [0.3, 0.4) is 0 Å². The number of carbonyl (C=O) groups is 1. The van der Waals surface area contributed by atoms with Crippen LogP contribution < -0.4 is 10.7 Å². The monoisotopic (exact) mass is 311 g/mol. The van der Waals surface area contributed by atoms with Crippen LogP contribution in [0.25, 0.3) is 0 Å². The van der Waals surface area contributed by atoms with Gasteiger partial charge in [-0.2, -0.15) is 0 Å². The standard InChI is InChI=1S/C9H15IN2O2/c1-5(2)12-6(3)7(8(10)11)9(13)14-4/h5,11-12H,1-4H3/p+1/b7-6+,11-8?. The van der Waals surface area contributed by atoms with Crippen LogP contribution in [0.1, 0.15) is 20.8 Å². The molecule has 0 bridgehead atoms. The number of rotatable bonds is 4. The molecule has 0 aromatic carbocycles. The summed E-state index contributed by atoms with van der Waals surface area (Å²) in [5.74, 6) is -0.414. The lowest BCUT2D eigenvalue weighted by atomic mass is 10.2. The number of allylic oxidation sites excluding steroid dienone is 1. The van der Waals surface area contributed by atoms with E-state index in [2.05, 4.69) is 10.1 Å². The largest absolute Gasteiger partial charge is 0.465 e. The summed E-state index contributed by atoms with van der Waals surface area (Å²) < 4.78 is 5.06. The highest BCUT2D eigenvalue weighted by Crippen LogP contribution is 2.08. The second kappa shape index (κ2) is 6.00. The third-order valence-electron chi connectivity index (χ3n) is 1.51. The topological polar surface area (TPSA) is 63.9 Å². The van der Waals surface area contributed by atoms with Crippen LogP contribution in [0.4, 0.5) is 0 Å². The Hall–Kier alpha value is -0.590. The first-order valence-corrected chi connectivity index (χ1v) is 5.32. The summed E-state index contributed by atoms with van der Waals surface area (Å²) in [4.78, 5) is 11.4. The molecule has 0 amide bonds. The van der Waals surface area contributed by atoms with E-state index in [0.29, 0.717) is 9.29 Å². The van der Waals surface area contributed by atoms with E-state index >= 15 is 0 Å². The van der Waals surface area contributed by atoms with Gasteiger partial charge < -0.3 is 10.1 Å². The minimum absolute atomic E-state index is 0.255. The molecule has 4 nitrogen and oxygen atoms in total. The Labute approximate surface area is 97.7 Å². The number of ether oxygens (including phenoxy) is 1. The van der Waals surface area contributed by atoms with Crippen LogP contribution in [0.2, 0.25) is 0 Å². The van der Waals surface area contributed by atoms with Gasteiger partial charge in [0.2, 0.25) is 3.72 Å². The van der Waals surface area contributed by atoms with Gasteiger partial charge in [-0.15, -0.1) is 0 Å². The Kier molecular flexibility index (Phi) is 5.75. The molecule has 0 aromatic heterocycles. The zero-order valence-corrected chi connectivity index (χ0v) is 11.0. The van der Waals surface area contributed by atoms with Crippen LogP contribution in [0, 0.1) is 0 Å². The molecule has 0 aliphatic heterocycles. The number of hydrogen-bond donors (Lipinski definition) is 2. The molecular formula is C9H16IN2O2+. The summed E-state index contributed by atoms with van der Waals surface area (Å²) in [6.45, 7) is 5.78. The summed E-state index contributed by atoms with van der Waals surface area (Å²) in [5.41, 5.74) is 1.14. The number of esters is 1. The lowest BCUT2D eigenvalue weighted by Gasteiger charge is -2.12. The molecule has 0 heterocycles. The SMILES string of the molecule is COC(=O)/C(C(=[NH2+])I)=C(\C)NC(C)C. The van der Waals surface area contributed by atoms with E-state index in [4.69, 9.17) is 5.41 Å². The Bertz CT molecular complexity index is 272. The highest BCUT2D eigenvalue weighted by Gasteiger charge is 2.21. The third kappa shape index (κ3) is 4.08. The number of halogens is 1. The van der Waals surface area contributed by atoms with Gasteiger partial charge in [0, 0.05) is 34.3 Å². The second-order valence-electron chi connectivity index (χ2n) is 3.14. The van der Waals surface area contributed by atoms with Gasteiger partial charge in [0.1, 0.15) is 0 Å². The molecular weight excluding hydrogens is 295 g/mol. The average molecular weight is 311 g/mol. The molecule has 0 radical (unpaired) electrons. The van der Waals surface area contributed by atoms with Crippen molar-refractivity contribution in [2.45, 2.75) is 26.8 Å². The van der Waals surface area contributed by atoms with E-state index in [0.717, 1.165) is 5.70 Å². The Morgan fingerprint density at radius 2 is 2.00 bits per heavy atom. The Morgan fingerprint density at radius 1 is 1.50 bits per heavy atom. The first-order valence-electron chi connectivity index (χ1n) is 4.24. The Morgan fingerprint density at radius 3 is 2.29 bits per heavy atom. The fraction of sp³-hybridized carbons (Fsp3) is 0.556. The van der Waals surface area contributed by atoms with Gasteiger partial charge in [0.05, 0.1) is 7.11 Å². The van der Waals surface area contributed by atoms with Crippen molar-refractivity contribution < 1.29 is 14.9 Å². The molecule has 0 spiro atoms.